The van der Waals surface area contributed by atoms with Crippen LogP contribution in [0.25, 0.3) is 0 Å². The Morgan fingerprint density at radius 3 is 2.67 bits per heavy atom. The first-order chi connectivity index (χ1) is 5.74. The first-order valence-electron chi connectivity index (χ1n) is 4.70. The zero-order valence-electron chi connectivity index (χ0n) is 7.58. The molecule has 0 aromatic carbocycles. The molecule has 1 fully saturated rings. The van der Waals surface area contributed by atoms with Gasteiger partial charge in [0, 0.05) is 0 Å². The van der Waals surface area contributed by atoms with Crippen molar-refractivity contribution in [1.29, 1.82) is 0 Å². The molecule has 2 N–H and O–H groups in total. The SMILES string of the molecule is CC[C@H](N)C(=O)OC1CCCC1. The molecule has 1 atom stereocenters. The van der Waals surface area contributed by atoms with E-state index in [2.05, 4.69) is 0 Å². The number of hydrogen-bond donors (Lipinski definition) is 1. The Bertz CT molecular complexity index is 153. The summed E-state index contributed by atoms with van der Waals surface area (Å²) in [5.41, 5.74) is 5.52. The van der Waals surface area contributed by atoms with Crippen LogP contribution in [0, 0.1) is 0 Å². The summed E-state index contributed by atoms with van der Waals surface area (Å²) in [6, 6.07) is -0.425. The predicted octanol–water partition coefficient (Wildman–Crippen LogP) is 1.21. The molecule has 0 spiro atoms. The average molecular weight is 171 g/mol. The largest absolute Gasteiger partial charge is 0.461 e. The van der Waals surface area contributed by atoms with Gasteiger partial charge >= 0.3 is 5.97 Å². The molecule has 1 aliphatic rings. The molecule has 70 valence electrons. The minimum absolute atomic E-state index is 0.148. The minimum Gasteiger partial charge on any atom is -0.461 e. The standard InChI is InChI=1S/C9H17NO2/c1-2-8(10)9(11)12-7-5-3-4-6-7/h7-8H,2-6,10H2,1H3/t8-/m0/s1. The molecule has 0 unspecified atom stereocenters. The highest BCUT2D eigenvalue weighted by Crippen LogP contribution is 2.21. The van der Waals surface area contributed by atoms with Crippen LogP contribution in [-0.2, 0) is 9.53 Å². The Morgan fingerprint density at radius 2 is 2.17 bits per heavy atom. The number of ether oxygens (including phenoxy) is 1. The summed E-state index contributed by atoms with van der Waals surface area (Å²) in [5.74, 6) is -0.232. The van der Waals surface area contributed by atoms with Crippen molar-refractivity contribution in [3.63, 3.8) is 0 Å². The van der Waals surface area contributed by atoms with E-state index < -0.39 is 6.04 Å². The number of rotatable bonds is 3. The third-order valence-electron chi connectivity index (χ3n) is 2.33. The van der Waals surface area contributed by atoms with Crippen LogP contribution >= 0.6 is 0 Å². The molecule has 0 saturated heterocycles. The fourth-order valence-corrected chi connectivity index (χ4v) is 1.42. The topological polar surface area (TPSA) is 52.3 Å². The zero-order chi connectivity index (χ0) is 8.97. The second-order valence-electron chi connectivity index (χ2n) is 3.36. The maximum absolute atomic E-state index is 11.2. The first-order valence-corrected chi connectivity index (χ1v) is 4.70. The van der Waals surface area contributed by atoms with Gasteiger partial charge in [-0.2, -0.15) is 0 Å². The molecule has 0 bridgehead atoms. The van der Waals surface area contributed by atoms with Crippen LogP contribution < -0.4 is 5.73 Å². The fourth-order valence-electron chi connectivity index (χ4n) is 1.42. The van der Waals surface area contributed by atoms with Gasteiger partial charge in [0.15, 0.2) is 0 Å². The Morgan fingerprint density at radius 1 is 1.58 bits per heavy atom. The van der Waals surface area contributed by atoms with E-state index in [1.54, 1.807) is 0 Å². The van der Waals surface area contributed by atoms with Gasteiger partial charge in [0.1, 0.15) is 12.1 Å². The molecule has 3 heteroatoms. The molecule has 0 aromatic heterocycles. The van der Waals surface area contributed by atoms with Gasteiger partial charge in [-0.3, -0.25) is 4.79 Å². The third-order valence-corrected chi connectivity index (χ3v) is 2.33. The quantitative estimate of drug-likeness (QED) is 0.649. The molecule has 0 aromatic rings. The highest BCUT2D eigenvalue weighted by atomic mass is 16.5. The molecule has 0 amide bonds. The van der Waals surface area contributed by atoms with E-state index in [0.29, 0.717) is 6.42 Å². The smallest absolute Gasteiger partial charge is 0.323 e. The van der Waals surface area contributed by atoms with Gasteiger partial charge in [0.2, 0.25) is 0 Å². The van der Waals surface area contributed by atoms with Crippen molar-refractivity contribution in [2.75, 3.05) is 0 Å². The summed E-state index contributed by atoms with van der Waals surface area (Å²) in [7, 11) is 0. The highest BCUT2D eigenvalue weighted by molar-refractivity contribution is 5.75. The second kappa shape index (κ2) is 4.45. The van der Waals surface area contributed by atoms with Gasteiger partial charge in [0.05, 0.1) is 0 Å². The summed E-state index contributed by atoms with van der Waals surface area (Å²) in [6.07, 6.45) is 5.20. The summed E-state index contributed by atoms with van der Waals surface area (Å²) < 4.78 is 5.20. The van der Waals surface area contributed by atoms with Crippen LogP contribution in [-0.4, -0.2) is 18.1 Å². The summed E-state index contributed by atoms with van der Waals surface area (Å²) >= 11 is 0. The Kier molecular flexibility index (Phi) is 3.53. The number of hydrogen-bond acceptors (Lipinski definition) is 3. The Hall–Kier alpha value is -0.570. The first kappa shape index (κ1) is 9.52. The molecule has 12 heavy (non-hydrogen) atoms. The van der Waals surface area contributed by atoms with Gasteiger partial charge < -0.3 is 10.5 Å². The molecular formula is C9H17NO2. The van der Waals surface area contributed by atoms with E-state index in [9.17, 15) is 4.79 Å². The number of carbonyl (C=O) groups is 1. The van der Waals surface area contributed by atoms with Crippen molar-refractivity contribution in [3.8, 4) is 0 Å². The molecule has 0 aliphatic heterocycles. The predicted molar refractivity (Wildman–Crippen MR) is 46.6 cm³/mol. The van der Waals surface area contributed by atoms with Crippen LogP contribution in [0.1, 0.15) is 39.0 Å². The Balaban J connectivity index is 2.25. The van der Waals surface area contributed by atoms with Crippen LogP contribution in [0.5, 0.6) is 0 Å². The maximum Gasteiger partial charge on any atom is 0.323 e. The van der Waals surface area contributed by atoms with Crippen molar-refractivity contribution >= 4 is 5.97 Å². The van der Waals surface area contributed by atoms with Gasteiger partial charge in [-0.15, -0.1) is 0 Å². The summed E-state index contributed by atoms with van der Waals surface area (Å²) in [6.45, 7) is 1.89. The van der Waals surface area contributed by atoms with Crippen molar-refractivity contribution < 1.29 is 9.53 Å². The van der Waals surface area contributed by atoms with Gasteiger partial charge in [-0.05, 0) is 32.1 Å². The van der Waals surface area contributed by atoms with E-state index in [1.807, 2.05) is 6.92 Å². The molecule has 1 aliphatic carbocycles. The van der Waals surface area contributed by atoms with Crippen LogP contribution in [0.2, 0.25) is 0 Å². The van der Waals surface area contributed by atoms with Gasteiger partial charge in [-0.1, -0.05) is 6.92 Å². The number of nitrogens with two attached hydrogens (primary N) is 1. The lowest BCUT2D eigenvalue weighted by Gasteiger charge is -2.14. The van der Waals surface area contributed by atoms with Crippen LogP contribution in [0.15, 0.2) is 0 Å². The molecule has 0 radical (unpaired) electrons. The minimum atomic E-state index is -0.425. The lowest BCUT2D eigenvalue weighted by atomic mass is 10.2. The fraction of sp³-hybridized carbons (Fsp3) is 0.889. The van der Waals surface area contributed by atoms with Crippen molar-refractivity contribution in [1.82, 2.24) is 0 Å². The monoisotopic (exact) mass is 171 g/mol. The number of esters is 1. The van der Waals surface area contributed by atoms with Crippen molar-refractivity contribution in [2.24, 2.45) is 5.73 Å². The number of carbonyl (C=O) groups excluding carboxylic acids is 1. The maximum atomic E-state index is 11.2. The normalized spacial score (nSPS) is 20.8. The molecule has 3 nitrogen and oxygen atoms in total. The molecular weight excluding hydrogens is 154 g/mol. The summed E-state index contributed by atoms with van der Waals surface area (Å²) in [5, 5.41) is 0. The molecule has 1 rings (SSSR count). The Labute approximate surface area is 73.3 Å². The van der Waals surface area contributed by atoms with E-state index in [0.717, 1.165) is 12.8 Å². The second-order valence-corrected chi connectivity index (χ2v) is 3.36. The van der Waals surface area contributed by atoms with E-state index >= 15 is 0 Å². The summed E-state index contributed by atoms with van der Waals surface area (Å²) in [4.78, 5) is 11.2. The van der Waals surface area contributed by atoms with Crippen LogP contribution in [0.4, 0.5) is 0 Å². The van der Waals surface area contributed by atoms with Gasteiger partial charge in [0.25, 0.3) is 0 Å². The van der Waals surface area contributed by atoms with E-state index in [4.69, 9.17) is 10.5 Å². The van der Waals surface area contributed by atoms with Crippen molar-refractivity contribution in [2.45, 2.75) is 51.2 Å². The van der Waals surface area contributed by atoms with Crippen molar-refractivity contribution in [3.05, 3.63) is 0 Å². The lowest BCUT2D eigenvalue weighted by Crippen LogP contribution is -2.33. The lowest BCUT2D eigenvalue weighted by molar-refractivity contribution is -0.150. The highest BCUT2D eigenvalue weighted by Gasteiger charge is 2.21. The zero-order valence-corrected chi connectivity index (χ0v) is 7.58. The molecule has 0 heterocycles. The van der Waals surface area contributed by atoms with E-state index in [-0.39, 0.29) is 12.1 Å². The van der Waals surface area contributed by atoms with Gasteiger partial charge in [-0.25, -0.2) is 0 Å². The molecule has 1 saturated carbocycles. The third kappa shape index (κ3) is 2.48. The van der Waals surface area contributed by atoms with E-state index in [1.165, 1.54) is 12.8 Å². The average Bonchev–Trinajstić information content (AvgIpc) is 2.55. The van der Waals surface area contributed by atoms with Crippen LogP contribution in [0.3, 0.4) is 0 Å².